The Labute approximate surface area is 173 Å². The summed E-state index contributed by atoms with van der Waals surface area (Å²) in [5, 5.41) is 8.56. The highest BCUT2D eigenvalue weighted by molar-refractivity contribution is 7.19. The van der Waals surface area contributed by atoms with Gasteiger partial charge in [0.15, 0.2) is 5.65 Å². The number of nitrogens with one attached hydrogen (secondary N) is 2. The van der Waals surface area contributed by atoms with Gasteiger partial charge in [0.2, 0.25) is 5.82 Å². The van der Waals surface area contributed by atoms with Crippen molar-refractivity contribution in [3.63, 3.8) is 0 Å². The Hall–Kier alpha value is -2.10. The molecule has 0 unspecified atom stereocenters. The van der Waals surface area contributed by atoms with Gasteiger partial charge in [-0.2, -0.15) is 4.52 Å². The first-order valence-electron chi connectivity index (χ1n) is 10.5. The van der Waals surface area contributed by atoms with Gasteiger partial charge in [-0.25, -0.2) is 9.97 Å². The van der Waals surface area contributed by atoms with Crippen molar-refractivity contribution in [1.82, 2.24) is 24.9 Å². The molecule has 9 heteroatoms. The fourth-order valence-corrected chi connectivity index (χ4v) is 5.90. The molecular weight excluding hydrogens is 388 g/mol. The minimum absolute atomic E-state index is 0.217. The van der Waals surface area contributed by atoms with E-state index in [0.29, 0.717) is 12.5 Å². The quantitative estimate of drug-likeness (QED) is 0.656. The molecule has 1 aliphatic heterocycles. The van der Waals surface area contributed by atoms with Crippen molar-refractivity contribution < 1.29 is 14.4 Å². The molecule has 0 spiro atoms. The van der Waals surface area contributed by atoms with Crippen LogP contribution in [0, 0.1) is 6.92 Å². The number of hydrogen-bond acceptors (Lipinski definition) is 6. The van der Waals surface area contributed by atoms with E-state index in [1.165, 1.54) is 28.2 Å². The molecule has 1 aliphatic carbocycles. The van der Waals surface area contributed by atoms with Gasteiger partial charge in [-0.1, -0.05) is 6.92 Å². The van der Waals surface area contributed by atoms with Crippen LogP contribution in [0.4, 0.5) is 0 Å². The van der Waals surface area contributed by atoms with E-state index in [0.717, 1.165) is 61.0 Å². The summed E-state index contributed by atoms with van der Waals surface area (Å²) >= 11 is 1.77. The van der Waals surface area contributed by atoms with Gasteiger partial charge < -0.3 is 15.0 Å². The molecule has 0 radical (unpaired) electrons. The van der Waals surface area contributed by atoms with E-state index in [4.69, 9.17) is 9.72 Å². The molecule has 0 saturated carbocycles. The number of nitrogens with zero attached hydrogens (tertiary/aromatic N) is 4. The van der Waals surface area contributed by atoms with Gasteiger partial charge in [0.25, 0.3) is 5.91 Å². The van der Waals surface area contributed by atoms with E-state index in [9.17, 15) is 4.79 Å². The first kappa shape index (κ1) is 18.9. The average Bonchev–Trinajstić information content (AvgIpc) is 3.31. The minimum atomic E-state index is -0.217. The molecule has 0 aromatic carbocycles. The number of rotatable bonds is 4. The number of fused-ring (bicyclic) bond motifs is 5. The SMILES string of the molecule is Cc1nc2sc3c(c2c2nc(C(=O)NCC[NH+]4CCOCC4)nn12)[C@@H](C)CCC3. The zero-order valence-corrected chi connectivity index (χ0v) is 17.8. The maximum absolute atomic E-state index is 12.7. The predicted molar refractivity (Wildman–Crippen MR) is 111 cm³/mol. The van der Waals surface area contributed by atoms with Crippen LogP contribution in [0.25, 0.3) is 15.9 Å². The van der Waals surface area contributed by atoms with Crippen molar-refractivity contribution in [2.75, 3.05) is 39.4 Å². The number of thiophene rings is 1. The molecule has 4 heterocycles. The van der Waals surface area contributed by atoms with E-state index >= 15 is 0 Å². The van der Waals surface area contributed by atoms with E-state index in [2.05, 4.69) is 22.3 Å². The van der Waals surface area contributed by atoms with Gasteiger partial charge in [-0.15, -0.1) is 16.4 Å². The second kappa shape index (κ2) is 7.62. The van der Waals surface area contributed by atoms with Crippen LogP contribution in [-0.2, 0) is 11.2 Å². The minimum Gasteiger partial charge on any atom is -0.370 e. The summed E-state index contributed by atoms with van der Waals surface area (Å²) in [6.07, 6.45) is 3.52. The van der Waals surface area contributed by atoms with Crippen molar-refractivity contribution in [3.8, 4) is 0 Å². The summed E-state index contributed by atoms with van der Waals surface area (Å²) in [6.45, 7) is 9.28. The molecule has 5 rings (SSSR count). The topological polar surface area (TPSA) is 85.8 Å². The highest BCUT2D eigenvalue weighted by Gasteiger charge is 2.27. The molecule has 3 aromatic heterocycles. The van der Waals surface area contributed by atoms with Crippen LogP contribution in [0.1, 0.15) is 52.6 Å². The number of ether oxygens (including phenoxy) is 1. The molecule has 2 aliphatic rings. The Kier molecular flexibility index (Phi) is 4.97. The van der Waals surface area contributed by atoms with E-state index in [1.54, 1.807) is 15.9 Å². The normalized spacial score (nSPS) is 20.3. The summed E-state index contributed by atoms with van der Waals surface area (Å²) in [5.41, 5.74) is 2.13. The number of carbonyl (C=O) groups excluding carboxylic acids is 1. The van der Waals surface area contributed by atoms with Crippen molar-refractivity contribution in [3.05, 3.63) is 22.1 Å². The van der Waals surface area contributed by atoms with Crippen molar-refractivity contribution in [2.45, 2.75) is 39.0 Å². The highest BCUT2D eigenvalue weighted by Crippen LogP contribution is 2.42. The zero-order valence-electron chi connectivity index (χ0n) is 17.0. The number of morpholine rings is 1. The number of aromatic nitrogens is 4. The Bertz CT molecular complexity index is 1070. The monoisotopic (exact) mass is 415 g/mol. The highest BCUT2D eigenvalue weighted by atomic mass is 32.1. The standard InChI is InChI=1S/C20H26N6O2S/c1-12-4-3-5-14-15(12)16-18-23-17(24-26(18)13(2)22-20(16)29-14)19(27)21-6-7-25-8-10-28-11-9-25/h12H,3-11H2,1-2H3,(H,21,27)/p+1/t12-/m0/s1. The Balaban J connectivity index is 1.43. The second-order valence-corrected chi connectivity index (χ2v) is 9.19. The second-order valence-electron chi connectivity index (χ2n) is 8.11. The fraction of sp³-hybridized carbons (Fsp3) is 0.600. The van der Waals surface area contributed by atoms with Crippen molar-refractivity contribution in [1.29, 1.82) is 0 Å². The van der Waals surface area contributed by atoms with E-state index in [-0.39, 0.29) is 11.7 Å². The zero-order chi connectivity index (χ0) is 20.0. The lowest BCUT2D eigenvalue weighted by atomic mass is 9.87. The first-order chi connectivity index (χ1) is 14.1. The number of quaternary nitrogens is 1. The Morgan fingerprint density at radius 1 is 1.34 bits per heavy atom. The molecule has 1 amide bonds. The summed E-state index contributed by atoms with van der Waals surface area (Å²) in [5.74, 6) is 1.27. The van der Waals surface area contributed by atoms with Gasteiger partial charge >= 0.3 is 0 Å². The molecule has 3 aromatic rings. The van der Waals surface area contributed by atoms with Gasteiger partial charge in [-0.3, -0.25) is 4.79 Å². The lowest BCUT2D eigenvalue weighted by Gasteiger charge is -2.23. The van der Waals surface area contributed by atoms with Crippen LogP contribution >= 0.6 is 11.3 Å². The maximum Gasteiger partial charge on any atom is 0.291 e. The molecule has 8 nitrogen and oxygen atoms in total. The number of carbonyl (C=O) groups is 1. The Morgan fingerprint density at radius 2 is 2.17 bits per heavy atom. The van der Waals surface area contributed by atoms with Crippen LogP contribution < -0.4 is 10.2 Å². The predicted octanol–water partition coefficient (Wildman–Crippen LogP) is 0.732. The summed E-state index contributed by atoms with van der Waals surface area (Å²) < 4.78 is 7.12. The third-order valence-corrected chi connectivity index (χ3v) is 7.26. The van der Waals surface area contributed by atoms with Crippen molar-refractivity contribution >= 4 is 33.1 Å². The average molecular weight is 416 g/mol. The molecule has 2 N–H and O–H groups in total. The largest absolute Gasteiger partial charge is 0.370 e. The van der Waals surface area contributed by atoms with Gasteiger partial charge in [0, 0.05) is 4.88 Å². The molecule has 1 saturated heterocycles. The van der Waals surface area contributed by atoms with Crippen LogP contribution in [0.3, 0.4) is 0 Å². The van der Waals surface area contributed by atoms with Crippen LogP contribution in [0.15, 0.2) is 0 Å². The third-order valence-electron chi connectivity index (χ3n) is 6.10. The van der Waals surface area contributed by atoms with Crippen LogP contribution in [-0.4, -0.2) is 64.9 Å². The number of hydrogen-bond donors (Lipinski definition) is 2. The van der Waals surface area contributed by atoms with E-state index in [1.807, 2.05) is 6.92 Å². The Morgan fingerprint density at radius 3 is 3.00 bits per heavy atom. The molecule has 29 heavy (non-hydrogen) atoms. The summed E-state index contributed by atoms with van der Waals surface area (Å²) in [7, 11) is 0. The number of amides is 1. The lowest BCUT2D eigenvalue weighted by Crippen LogP contribution is -3.14. The fourth-order valence-electron chi connectivity index (χ4n) is 4.52. The summed E-state index contributed by atoms with van der Waals surface area (Å²) in [6, 6.07) is 0. The maximum atomic E-state index is 12.7. The van der Waals surface area contributed by atoms with Crippen molar-refractivity contribution in [2.24, 2.45) is 0 Å². The number of aryl methyl sites for hydroxylation is 2. The van der Waals surface area contributed by atoms with Gasteiger partial charge in [0.1, 0.15) is 23.7 Å². The molecule has 0 bridgehead atoms. The van der Waals surface area contributed by atoms with E-state index < -0.39 is 0 Å². The molecule has 1 fully saturated rings. The first-order valence-corrected chi connectivity index (χ1v) is 11.3. The molecule has 1 atom stereocenters. The van der Waals surface area contributed by atoms with Crippen LogP contribution in [0.5, 0.6) is 0 Å². The van der Waals surface area contributed by atoms with Crippen LogP contribution in [0.2, 0.25) is 0 Å². The van der Waals surface area contributed by atoms with Gasteiger partial charge in [0.05, 0.1) is 31.7 Å². The van der Waals surface area contributed by atoms with Gasteiger partial charge in [-0.05, 0) is 37.7 Å². The molecule has 154 valence electrons. The summed E-state index contributed by atoms with van der Waals surface area (Å²) in [4.78, 5) is 26.0. The third kappa shape index (κ3) is 3.41. The molecular formula is C20H27N6O2S+. The smallest absolute Gasteiger partial charge is 0.291 e. The lowest BCUT2D eigenvalue weighted by molar-refractivity contribution is -0.906.